The minimum absolute atomic E-state index is 0.261. The number of halogens is 1. The van der Waals surface area contributed by atoms with Crippen molar-refractivity contribution in [3.63, 3.8) is 0 Å². The Labute approximate surface area is 107 Å². The predicted octanol–water partition coefficient (Wildman–Crippen LogP) is 2.14. The quantitative estimate of drug-likeness (QED) is 0.923. The van der Waals surface area contributed by atoms with Crippen LogP contribution in [-0.2, 0) is 7.05 Å². The maximum atomic E-state index is 11.8. The van der Waals surface area contributed by atoms with Gasteiger partial charge >= 0.3 is 0 Å². The van der Waals surface area contributed by atoms with E-state index in [2.05, 4.69) is 31.2 Å². The molecule has 1 amide bonds. The largest absolute Gasteiger partial charge is 0.340 e. The molecule has 0 aliphatic carbocycles. The summed E-state index contributed by atoms with van der Waals surface area (Å²) >= 11 is 3.32. The molecule has 0 aliphatic rings. The van der Waals surface area contributed by atoms with E-state index in [0.717, 1.165) is 10.0 Å². The molecule has 6 heteroatoms. The van der Waals surface area contributed by atoms with Crippen LogP contribution < -0.4 is 5.32 Å². The molecule has 0 aromatic carbocycles. The van der Waals surface area contributed by atoms with Gasteiger partial charge in [0.1, 0.15) is 11.5 Å². The van der Waals surface area contributed by atoms with Crippen LogP contribution in [0.2, 0.25) is 0 Å². The Kier molecular flexibility index (Phi) is 3.23. The zero-order chi connectivity index (χ0) is 12.4. The third kappa shape index (κ3) is 2.71. The molecule has 2 aromatic heterocycles. The molecule has 2 heterocycles. The van der Waals surface area contributed by atoms with Gasteiger partial charge in [-0.25, -0.2) is 9.97 Å². The fourth-order valence-corrected chi connectivity index (χ4v) is 1.82. The summed E-state index contributed by atoms with van der Waals surface area (Å²) in [7, 11) is 1.81. The van der Waals surface area contributed by atoms with E-state index in [-0.39, 0.29) is 5.91 Å². The summed E-state index contributed by atoms with van der Waals surface area (Å²) in [5.74, 6) is 0.285. The van der Waals surface area contributed by atoms with Crippen molar-refractivity contribution in [3.05, 3.63) is 40.5 Å². The van der Waals surface area contributed by atoms with Gasteiger partial charge in [-0.1, -0.05) is 0 Å². The number of nitrogens with one attached hydrogen (secondary N) is 1. The molecule has 0 fully saturated rings. The number of nitrogens with zero attached hydrogens (tertiary/aromatic N) is 3. The Balaban J connectivity index is 2.18. The average molecular weight is 295 g/mol. The van der Waals surface area contributed by atoms with Gasteiger partial charge in [-0.05, 0) is 34.5 Å². The standard InChI is InChI=1S/C11H11BrN4O/c1-7-3-8(12)4-13-10(7)15-11(17)9-5-16(2)6-14-9/h3-6H,1-2H3,(H,13,15,17). The van der Waals surface area contributed by atoms with Crippen molar-refractivity contribution in [1.82, 2.24) is 14.5 Å². The van der Waals surface area contributed by atoms with E-state index < -0.39 is 0 Å². The average Bonchev–Trinajstić information content (AvgIpc) is 2.69. The zero-order valence-electron chi connectivity index (χ0n) is 9.44. The van der Waals surface area contributed by atoms with E-state index in [0.29, 0.717) is 11.5 Å². The van der Waals surface area contributed by atoms with Crippen LogP contribution in [0, 0.1) is 6.92 Å². The first kappa shape index (κ1) is 11.8. The molecular weight excluding hydrogens is 284 g/mol. The van der Waals surface area contributed by atoms with E-state index in [1.165, 1.54) is 0 Å². The lowest BCUT2D eigenvalue weighted by Gasteiger charge is -2.05. The lowest BCUT2D eigenvalue weighted by molar-refractivity contribution is 0.102. The molecule has 0 bridgehead atoms. The summed E-state index contributed by atoms with van der Waals surface area (Å²) in [6.45, 7) is 1.88. The number of hydrogen-bond donors (Lipinski definition) is 1. The molecule has 0 saturated carbocycles. The highest BCUT2D eigenvalue weighted by atomic mass is 79.9. The van der Waals surface area contributed by atoms with E-state index in [4.69, 9.17) is 0 Å². The van der Waals surface area contributed by atoms with E-state index >= 15 is 0 Å². The molecule has 1 N–H and O–H groups in total. The second kappa shape index (κ2) is 4.67. The number of carbonyl (C=O) groups excluding carboxylic acids is 1. The summed E-state index contributed by atoms with van der Waals surface area (Å²) in [4.78, 5) is 19.9. The minimum atomic E-state index is -0.261. The van der Waals surface area contributed by atoms with Crippen LogP contribution in [0.15, 0.2) is 29.3 Å². The number of anilines is 1. The number of rotatable bonds is 2. The lowest BCUT2D eigenvalue weighted by Crippen LogP contribution is -2.14. The number of aryl methyl sites for hydroxylation is 2. The van der Waals surface area contributed by atoms with Crippen LogP contribution in [0.1, 0.15) is 16.1 Å². The Morgan fingerprint density at radius 2 is 2.24 bits per heavy atom. The van der Waals surface area contributed by atoms with Gasteiger partial charge in [0.25, 0.3) is 5.91 Å². The fraction of sp³-hybridized carbons (Fsp3) is 0.182. The van der Waals surface area contributed by atoms with Gasteiger partial charge in [0.15, 0.2) is 0 Å². The summed E-state index contributed by atoms with van der Waals surface area (Å²) in [6.07, 6.45) is 4.88. The highest BCUT2D eigenvalue weighted by Crippen LogP contribution is 2.17. The molecule has 0 atom stereocenters. The number of pyridine rings is 1. The molecule has 0 saturated heterocycles. The van der Waals surface area contributed by atoms with Crippen molar-refractivity contribution in [2.75, 3.05) is 5.32 Å². The molecule has 0 radical (unpaired) electrons. The third-order valence-electron chi connectivity index (χ3n) is 2.21. The number of aromatic nitrogens is 3. The smallest absolute Gasteiger partial charge is 0.277 e. The van der Waals surface area contributed by atoms with Gasteiger partial charge in [0.2, 0.25) is 0 Å². The highest BCUT2D eigenvalue weighted by Gasteiger charge is 2.11. The second-order valence-corrected chi connectivity index (χ2v) is 4.61. The summed E-state index contributed by atoms with van der Waals surface area (Å²) < 4.78 is 2.60. The van der Waals surface area contributed by atoms with E-state index in [1.54, 1.807) is 23.3 Å². The van der Waals surface area contributed by atoms with Gasteiger partial charge in [-0.15, -0.1) is 0 Å². The summed E-state index contributed by atoms with van der Waals surface area (Å²) in [6, 6.07) is 1.89. The second-order valence-electron chi connectivity index (χ2n) is 3.70. The highest BCUT2D eigenvalue weighted by molar-refractivity contribution is 9.10. The molecule has 88 valence electrons. The molecular formula is C11H11BrN4O. The number of hydrogen-bond acceptors (Lipinski definition) is 3. The van der Waals surface area contributed by atoms with E-state index in [9.17, 15) is 4.79 Å². The Morgan fingerprint density at radius 3 is 2.82 bits per heavy atom. The van der Waals surface area contributed by atoms with Crippen molar-refractivity contribution >= 4 is 27.7 Å². The van der Waals surface area contributed by atoms with Gasteiger partial charge < -0.3 is 9.88 Å². The molecule has 2 rings (SSSR count). The van der Waals surface area contributed by atoms with Gasteiger partial charge in [0.05, 0.1) is 6.33 Å². The SMILES string of the molecule is Cc1cc(Br)cnc1NC(=O)c1cn(C)cn1. The van der Waals surface area contributed by atoms with E-state index in [1.807, 2.05) is 20.0 Å². The third-order valence-corrected chi connectivity index (χ3v) is 2.65. The monoisotopic (exact) mass is 294 g/mol. The number of amides is 1. The maximum Gasteiger partial charge on any atom is 0.277 e. The first-order chi connectivity index (χ1) is 8.06. The van der Waals surface area contributed by atoms with Crippen LogP contribution in [-0.4, -0.2) is 20.4 Å². The van der Waals surface area contributed by atoms with Gasteiger partial charge in [-0.3, -0.25) is 4.79 Å². The Hall–Kier alpha value is -1.69. The van der Waals surface area contributed by atoms with Crippen LogP contribution in [0.25, 0.3) is 0 Å². The van der Waals surface area contributed by atoms with Gasteiger partial charge in [0, 0.05) is 23.9 Å². The predicted molar refractivity (Wildman–Crippen MR) is 67.8 cm³/mol. The molecule has 5 nitrogen and oxygen atoms in total. The molecule has 2 aromatic rings. The first-order valence-corrected chi connectivity index (χ1v) is 5.77. The van der Waals surface area contributed by atoms with Crippen molar-refractivity contribution in [2.45, 2.75) is 6.92 Å². The fourth-order valence-electron chi connectivity index (χ4n) is 1.37. The zero-order valence-corrected chi connectivity index (χ0v) is 11.0. The topological polar surface area (TPSA) is 59.8 Å². The lowest BCUT2D eigenvalue weighted by atomic mass is 10.3. The molecule has 0 unspecified atom stereocenters. The normalized spacial score (nSPS) is 10.3. The van der Waals surface area contributed by atoms with Crippen LogP contribution >= 0.6 is 15.9 Å². The minimum Gasteiger partial charge on any atom is -0.340 e. The van der Waals surface area contributed by atoms with Crippen molar-refractivity contribution < 1.29 is 4.79 Å². The van der Waals surface area contributed by atoms with Crippen LogP contribution in [0.4, 0.5) is 5.82 Å². The Morgan fingerprint density at radius 1 is 1.47 bits per heavy atom. The molecule has 17 heavy (non-hydrogen) atoms. The van der Waals surface area contributed by atoms with Crippen molar-refractivity contribution in [2.24, 2.45) is 7.05 Å². The van der Waals surface area contributed by atoms with Crippen molar-refractivity contribution in [3.8, 4) is 0 Å². The summed E-state index contributed by atoms with van der Waals surface area (Å²) in [5.41, 5.74) is 1.26. The maximum absolute atomic E-state index is 11.8. The van der Waals surface area contributed by atoms with Crippen LogP contribution in [0.3, 0.4) is 0 Å². The first-order valence-electron chi connectivity index (χ1n) is 4.98. The number of imidazole rings is 1. The summed E-state index contributed by atoms with van der Waals surface area (Å²) in [5, 5.41) is 2.72. The van der Waals surface area contributed by atoms with Crippen LogP contribution in [0.5, 0.6) is 0 Å². The molecule has 0 aliphatic heterocycles. The van der Waals surface area contributed by atoms with Gasteiger partial charge in [-0.2, -0.15) is 0 Å². The number of carbonyl (C=O) groups is 1. The Bertz CT molecular complexity index is 564. The van der Waals surface area contributed by atoms with Crippen molar-refractivity contribution in [1.29, 1.82) is 0 Å². The molecule has 0 spiro atoms.